The van der Waals surface area contributed by atoms with E-state index < -0.39 is 27.7 Å². The molecule has 0 fully saturated rings. The molecule has 4 nitrogen and oxygen atoms in total. The van der Waals surface area contributed by atoms with Crippen molar-refractivity contribution < 1.29 is 26.4 Å². The SMILES string of the molecule is CCc1ccc(S(=O)(=O)Cl)cc1C(=O)N(C)CC(F)(F)F. The highest BCUT2D eigenvalue weighted by atomic mass is 35.7. The second kappa shape index (κ2) is 6.23. The minimum atomic E-state index is -4.53. The van der Waals surface area contributed by atoms with Crippen molar-refractivity contribution in [3.05, 3.63) is 29.3 Å². The third-order valence-corrected chi connectivity index (χ3v) is 4.09. The van der Waals surface area contributed by atoms with Crippen LogP contribution in [0.15, 0.2) is 23.1 Å². The molecule has 0 radical (unpaired) electrons. The molecule has 21 heavy (non-hydrogen) atoms. The van der Waals surface area contributed by atoms with Gasteiger partial charge in [-0.25, -0.2) is 8.42 Å². The zero-order chi connectivity index (χ0) is 16.4. The summed E-state index contributed by atoms with van der Waals surface area (Å²) in [5.74, 6) is -0.911. The Morgan fingerprint density at radius 1 is 1.33 bits per heavy atom. The molecule has 0 heterocycles. The number of halogens is 4. The van der Waals surface area contributed by atoms with Gasteiger partial charge in [0.05, 0.1) is 4.90 Å². The smallest absolute Gasteiger partial charge is 0.333 e. The lowest BCUT2D eigenvalue weighted by Crippen LogP contribution is -2.36. The van der Waals surface area contributed by atoms with Crippen molar-refractivity contribution in [2.45, 2.75) is 24.4 Å². The van der Waals surface area contributed by atoms with E-state index in [2.05, 4.69) is 0 Å². The van der Waals surface area contributed by atoms with Crippen LogP contribution in [-0.4, -0.2) is 39.0 Å². The predicted molar refractivity (Wildman–Crippen MR) is 71.9 cm³/mol. The van der Waals surface area contributed by atoms with Gasteiger partial charge in [0.1, 0.15) is 6.54 Å². The van der Waals surface area contributed by atoms with Gasteiger partial charge in [-0.1, -0.05) is 13.0 Å². The van der Waals surface area contributed by atoms with Gasteiger partial charge in [0.2, 0.25) is 0 Å². The maximum Gasteiger partial charge on any atom is 0.406 e. The first-order valence-corrected chi connectivity index (χ1v) is 8.16. The highest BCUT2D eigenvalue weighted by molar-refractivity contribution is 8.13. The van der Waals surface area contributed by atoms with Crippen molar-refractivity contribution in [3.8, 4) is 0 Å². The molecule has 0 saturated heterocycles. The molecule has 0 aromatic heterocycles. The van der Waals surface area contributed by atoms with Gasteiger partial charge in [-0.2, -0.15) is 13.2 Å². The van der Waals surface area contributed by atoms with E-state index in [0.717, 1.165) is 13.1 Å². The van der Waals surface area contributed by atoms with Crippen LogP contribution in [-0.2, 0) is 15.5 Å². The number of aryl methyl sites for hydroxylation is 1. The lowest BCUT2D eigenvalue weighted by Gasteiger charge is -2.20. The molecule has 1 rings (SSSR count). The summed E-state index contributed by atoms with van der Waals surface area (Å²) in [4.78, 5) is 12.2. The van der Waals surface area contributed by atoms with Crippen molar-refractivity contribution in [1.82, 2.24) is 4.90 Å². The molecule has 0 aliphatic heterocycles. The fraction of sp³-hybridized carbons (Fsp3) is 0.417. The van der Waals surface area contributed by atoms with E-state index in [1.165, 1.54) is 12.1 Å². The largest absolute Gasteiger partial charge is 0.406 e. The van der Waals surface area contributed by atoms with E-state index in [0.29, 0.717) is 16.9 Å². The topological polar surface area (TPSA) is 54.5 Å². The Hall–Kier alpha value is -1.28. The summed E-state index contributed by atoms with van der Waals surface area (Å²) in [6, 6.07) is 3.57. The molecule has 1 aromatic carbocycles. The van der Waals surface area contributed by atoms with Crippen molar-refractivity contribution >= 4 is 25.6 Å². The van der Waals surface area contributed by atoms with Crippen molar-refractivity contribution in [2.75, 3.05) is 13.6 Å². The molecular formula is C12H13ClF3NO3S. The zero-order valence-corrected chi connectivity index (χ0v) is 12.8. The van der Waals surface area contributed by atoms with E-state index in [1.807, 2.05) is 0 Å². The average molecular weight is 344 g/mol. The first kappa shape index (κ1) is 17.8. The zero-order valence-electron chi connectivity index (χ0n) is 11.2. The Kier molecular flexibility index (Phi) is 5.27. The average Bonchev–Trinajstić information content (AvgIpc) is 2.33. The van der Waals surface area contributed by atoms with Crippen LogP contribution < -0.4 is 0 Å². The molecular weight excluding hydrogens is 331 g/mol. The maximum atomic E-state index is 12.3. The molecule has 0 unspecified atom stereocenters. The van der Waals surface area contributed by atoms with Crippen LogP contribution in [0.3, 0.4) is 0 Å². The molecule has 1 amide bonds. The van der Waals surface area contributed by atoms with Crippen molar-refractivity contribution in [3.63, 3.8) is 0 Å². The Morgan fingerprint density at radius 2 is 1.90 bits per heavy atom. The van der Waals surface area contributed by atoms with Crippen molar-refractivity contribution in [2.24, 2.45) is 0 Å². The van der Waals surface area contributed by atoms with Gasteiger partial charge in [-0.05, 0) is 24.1 Å². The van der Waals surface area contributed by atoms with Gasteiger partial charge >= 0.3 is 6.18 Å². The molecule has 0 N–H and O–H groups in total. The first-order valence-electron chi connectivity index (χ1n) is 5.85. The van der Waals surface area contributed by atoms with Crippen LogP contribution in [0.5, 0.6) is 0 Å². The van der Waals surface area contributed by atoms with Gasteiger partial charge in [-0.15, -0.1) is 0 Å². The number of rotatable bonds is 4. The predicted octanol–water partition coefficient (Wildman–Crippen LogP) is 2.81. The van der Waals surface area contributed by atoms with Gasteiger partial charge in [0.25, 0.3) is 15.0 Å². The highest BCUT2D eigenvalue weighted by Gasteiger charge is 2.32. The number of hydrogen-bond donors (Lipinski definition) is 0. The molecule has 0 aliphatic rings. The maximum absolute atomic E-state index is 12.3. The minimum absolute atomic E-state index is 0.106. The van der Waals surface area contributed by atoms with Crippen LogP contribution in [0.4, 0.5) is 13.2 Å². The summed E-state index contributed by atoms with van der Waals surface area (Å²) in [6.07, 6.45) is -4.17. The quantitative estimate of drug-likeness (QED) is 0.790. The molecule has 0 bridgehead atoms. The van der Waals surface area contributed by atoms with E-state index in [4.69, 9.17) is 10.7 Å². The van der Waals surface area contributed by atoms with Gasteiger partial charge in [0, 0.05) is 23.3 Å². The molecule has 1 aromatic rings. The second-order valence-electron chi connectivity index (χ2n) is 4.39. The summed E-state index contributed by atoms with van der Waals surface area (Å²) >= 11 is 0. The monoisotopic (exact) mass is 343 g/mol. The van der Waals surface area contributed by atoms with E-state index in [-0.39, 0.29) is 10.5 Å². The number of alkyl halides is 3. The number of hydrogen-bond acceptors (Lipinski definition) is 3. The molecule has 0 spiro atoms. The Balaban J connectivity index is 3.24. The van der Waals surface area contributed by atoms with Crippen LogP contribution >= 0.6 is 10.7 Å². The summed E-state index contributed by atoms with van der Waals surface area (Å²) in [5.41, 5.74) is 0.337. The third kappa shape index (κ3) is 4.89. The van der Waals surface area contributed by atoms with Gasteiger partial charge < -0.3 is 4.90 Å². The number of carbonyl (C=O) groups is 1. The van der Waals surface area contributed by atoms with E-state index in [1.54, 1.807) is 6.92 Å². The summed E-state index contributed by atoms with van der Waals surface area (Å²) in [5, 5.41) is 0. The Bertz CT molecular complexity index is 644. The lowest BCUT2D eigenvalue weighted by molar-refractivity contribution is -0.138. The fourth-order valence-corrected chi connectivity index (χ4v) is 2.54. The normalized spacial score (nSPS) is 12.3. The van der Waals surface area contributed by atoms with E-state index in [9.17, 15) is 26.4 Å². The second-order valence-corrected chi connectivity index (χ2v) is 6.95. The van der Waals surface area contributed by atoms with Crippen molar-refractivity contribution in [1.29, 1.82) is 0 Å². The molecule has 118 valence electrons. The standard InChI is InChI=1S/C12H13ClF3NO3S/c1-3-8-4-5-9(21(13,19)20)6-10(8)11(18)17(2)7-12(14,15)16/h4-6H,3,7H2,1-2H3. The molecule has 9 heteroatoms. The number of amides is 1. The highest BCUT2D eigenvalue weighted by Crippen LogP contribution is 2.22. The number of benzene rings is 1. The lowest BCUT2D eigenvalue weighted by atomic mass is 10.0. The summed E-state index contributed by atoms with van der Waals surface area (Å²) in [6.45, 7) is 0.275. The van der Waals surface area contributed by atoms with Crippen LogP contribution in [0.25, 0.3) is 0 Å². The molecule has 0 aliphatic carbocycles. The van der Waals surface area contributed by atoms with Gasteiger partial charge in [-0.3, -0.25) is 4.79 Å². The fourth-order valence-electron chi connectivity index (χ4n) is 1.76. The van der Waals surface area contributed by atoms with E-state index >= 15 is 0 Å². The number of carbonyl (C=O) groups excluding carboxylic acids is 1. The van der Waals surface area contributed by atoms with Crippen LogP contribution in [0, 0.1) is 0 Å². The van der Waals surface area contributed by atoms with Crippen LogP contribution in [0.2, 0.25) is 0 Å². The Morgan fingerprint density at radius 3 is 2.33 bits per heavy atom. The Labute approximate surface area is 124 Å². The van der Waals surface area contributed by atoms with Gasteiger partial charge in [0.15, 0.2) is 0 Å². The summed E-state index contributed by atoms with van der Waals surface area (Å²) in [7, 11) is 2.12. The van der Waals surface area contributed by atoms with Crippen LogP contribution in [0.1, 0.15) is 22.8 Å². The molecule has 0 atom stereocenters. The number of nitrogens with zero attached hydrogens (tertiary/aromatic N) is 1. The minimum Gasteiger partial charge on any atom is -0.333 e. The first-order chi connectivity index (χ1) is 9.45. The molecule has 0 saturated carbocycles. The third-order valence-electron chi connectivity index (χ3n) is 2.74. The summed E-state index contributed by atoms with van der Waals surface area (Å²) < 4.78 is 59.5.